The largest absolute Gasteiger partial charge is 0.481 e. The van der Waals surface area contributed by atoms with Crippen molar-refractivity contribution in [3.05, 3.63) is 42.1 Å². The zero-order valence-corrected chi connectivity index (χ0v) is 25.5. The quantitative estimate of drug-likeness (QED) is 0.156. The molecule has 0 spiro atoms. The van der Waals surface area contributed by atoms with Gasteiger partial charge in [-0.3, -0.25) is 23.8 Å². The molecule has 0 radical (unpaired) electrons. The van der Waals surface area contributed by atoms with E-state index in [2.05, 4.69) is 20.2 Å². The van der Waals surface area contributed by atoms with E-state index in [-0.39, 0.29) is 30.6 Å². The molecule has 0 bridgehead atoms. The summed E-state index contributed by atoms with van der Waals surface area (Å²) in [5, 5.41) is 21.3. The van der Waals surface area contributed by atoms with E-state index >= 15 is 0 Å². The van der Waals surface area contributed by atoms with Crippen LogP contribution in [-0.4, -0.2) is 122 Å². The molecular formula is C29H41N6O8P. The predicted molar refractivity (Wildman–Crippen MR) is 162 cm³/mol. The van der Waals surface area contributed by atoms with Gasteiger partial charge in [0.1, 0.15) is 17.6 Å². The molecule has 2 aromatic rings. The second kappa shape index (κ2) is 15.5. The van der Waals surface area contributed by atoms with Gasteiger partial charge in [0.15, 0.2) is 5.82 Å². The molecule has 2 aliphatic heterocycles. The van der Waals surface area contributed by atoms with Crippen LogP contribution in [0.1, 0.15) is 49.0 Å². The Bertz CT molecular complexity index is 1330. The van der Waals surface area contributed by atoms with Crippen LogP contribution in [0.4, 0.5) is 5.82 Å². The molecule has 3 heterocycles. The van der Waals surface area contributed by atoms with Crippen LogP contribution in [0.5, 0.6) is 0 Å². The number of aliphatic hydroxyl groups is 1. The van der Waals surface area contributed by atoms with Crippen LogP contribution in [0.2, 0.25) is 0 Å². The second-order valence-electron chi connectivity index (χ2n) is 11.2. The molecular weight excluding hydrogens is 591 g/mol. The summed E-state index contributed by atoms with van der Waals surface area (Å²) in [4.78, 5) is 72.0. The molecule has 240 valence electrons. The first-order chi connectivity index (χ1) is 21.0. The highest BCUT2D eigenvalue weighted by atomic mass is 31.2. The van der Waals surface area contributed by atoms with Gasteiger partial charge in [-0.25, -0.2) is 9.97 Å². The lowest BCUT2D eigenvalue weighted by Crippen LogP contribution is -2.56. The summed E-state index contributed by atoms with van der Waals surface area (Å²) in [6.07, 6.45) is 3.10. The molecule has 15 heteroatoms. The van der Waals surface area contributed by atoms with Gasteiger partial charge in [-0.2, -0.15) is 0 Å². The Hall–Kier alpha value is -3.42. The third kappa shape index (κ3) is 9.54. The molecule has 1 unspecified atom stereocenters. The lowest BCUT2D eigenvalue weighted by atomic mass is 10.0. The second-order valence-corrected chi connectivity index (χ2v) is 12.9. The standard InChI is InChI=1S/C29H41N6O8P/c36-19-22-10-4-7-13-35(22)25-18-23(30-27(32-25)21-8-2-1-3-9-21)28(39)31-24(20-44(41,42)43)29(40)34-16-14-33(15-17-34)12-6-5-11-26(37)38/h1-3,8-9,18,22,24,36H,4-7,10-17,19-20H2,(H,31,39)(H,37,38)(H2,41,42,43)/t22?,24-/m0/s1. The van der Waals surface area contributed by atoms with E-state index in [1.807, 2.05) is 23.1 Å². The topological polar surface area (TPSA) is 197 Å². The first-order valence-corrected chi connectivity index (χ1v) is 16.7. The fourth-order valence-electron chi connectivity index (χ4n) is 5.59. The van der Waals surface area contributed by atoms with Crippen molar-refractivity contribution in [2.45, 2.75) is 50.6 Å². The Morgan fingerprint density at radius 1 is 1.00 bits per heavy atom. The number of rotatable bonds is 13. The number of hydrogen-bond acceptors (Lipinski definition) is 9. The number of carboxylic acids is 1. The average Bonchev–Trinajstić information content (AvgIpc) is 3.02. The Morgan fingerprint density at radius 2 is 1.73 bits per heavy atom. The minimum atomic E-state index is -4.70. The normalized spacial score (nSPS) is 18.6. The van der Waals surface area contributed by atoms with Gasteiger partial charge in [-0.1, -0.05) is 30.3 Å². The van der Waals surface area contributed by atoms with Crippen LogP contribution in [-0.2, 0) is 14.2 Å². The van der Waals surface area contributed by atoms with Crippen molar-refractivity contribution < 1.29 is 38.9 Å². The highest BCUT2D eigenvalue weighted by Crippen LogP contribution is 2.35. The highest BCUT2D eigenvalue weighted by Gasteiger charge is 2.34. The number of hydrogen-bond donors (Lipinski definition) is 5. The van der Waals surface area contributed by atoms with Crippen molar-refractivity contribution in [2.24, 2.45) is 0 Å². The molecule has 2 amide bonds. The number of carbonyl (C=O) groups excluding carboxylic acids is 2. The number of nitrogens with zero attached hydrogens (tertiary/aromatic N) is 5. The Labute approximate surface area is 256 Å². The number of carbonyl (C=O) groups is 3. The third-order valence-corrected chi connectivity index (χ3v) is 8.77. The molecule has 14 nitrogen and oxygen atoms in total. The van der Waals surface area contributed by atoms with Crippen molar-refractivity contribution >= 4 is 31.2 Å². The molecule has 2 atom stereocenters. The minimum Gasteiger partial charge on any atom is -0.481 e. The van der Waals surface area contributed by atoms with Crippen molar-refractivity contribution in [2.75, 3.05) is 56.9 Å². The lowest BCUT2D eigenvalue weighted by Gasteiger charge is -2.36. The number of carboxylic acid groups (broad SMARTS) is 1. The highest BCUT2D eigenvalue weighted by molar-refractivity contribution is 7.51. The molecule has 2 saturated heterocycles. The molecule has 5 N–H and O–H groups in total. The number of aromatic nitrogens is 2. The minimum absolute atomic E-state index is 0.0641. The maximum atomic E-state index is 13.6. The Balaban J connectivity index is 1.52. The lowest BCUT2D eigenvalue weighted by molar-refractivity contribution is -0.137. The maximum absolute atomic E-state index is 13.6. The van der Waals surface area contributed by atoms with Crippen molar-refractivity contribution in [1.82, 2.24) is 25.1 Å². The van der Waals surface area contributed by atoms with E-state index in [4.69, 9.17) is 5.11 Å². The van der Waals surface area contributed by atoms with E-state index in [0.29, 0.717) is 63.5 Å². The summed E-state index contributed by atoms with van der Waals surface area (Å²) in [5.74, 6) is -1.49. The first-order valence-electron chi connectivity index (χ1n) is 14.9. The van der Waals surface area contributed by atoms with Gasteiger partial charge < -0.3 is 35.1 Å². The zero-order chi connectivity index (χ0) is 31.7. The van der Waals surface area contributed by atoms with Crippen LogP contribution in [0.25, 0.3) is 11.4 Å². The van der Waals surface area contributed by atoms with Crippen LogP contribution >= 0.6 is 7.60 Å². The van der Waals surface area contributed by atoms with Gasteiger partial charge in [-0.15, -0.1) is 0 Å². The number of benzene rings is 1. The predicted octanol–water partition coefficient (Wildman–Crippen LogP) is 1.17. The number of unbranched alkanes of at least 4 members (excludes halogenated alkanes) is 1. The van der Waals surface area contributed by atoms with E-state index in [0.717, 1.165) is 19.3 Å². The maximum Gasteiger partial charge on any atom is 0.328 e. The molecule has 1 aromatic heterocycles. The third-order valence-electron chi connectivity index (χ3n) is 7.93. The van der Waals surface area contributed by atoms with Crippen molar-refractivity contribution in [3.8, 4) is 11.4 Å². The molecule has 0 aliphatic carbocycles. The molecule has 2 aliphatic rings. The van der Waals surface area contributed by atoms with Gasteiger partial charge >= 0.3 is 13.6 Å². The van der Waals surface area contributed by atoms with Crippen molar-refractivity contribution in [1.29, 1.82) is 0 Å². The number of piperidine rings is 1. The number of piperazine rings is 1. The van der Waals surface area contributed by atoms with Crippen LogP contribution in [0.3, 0.4) is 0 Å². The van der Waals surface area contributed by atoms with Crippen LogP contribution < -0.4 is 10.2 Å². The van der Waals surface area contributed by atoms with E-state index in [1.165, 1.54) is 11.0 Å². The van der Waals surface area contributed by atoms with E-state index < -0.39 is 37.6 Å². The fraction of sp³-hybridized carbons (Fsp3) is 0.552. The molecule has 44 heavy (non-hydrogen) atoms. The van der Waals surface area contributed by atoms with Gasteiger partial charge in [0.2, 0.25) is 5.91 Å². The van der Waals surface area contributed by atoms with Gasteiger partial charge in [0.25, 0.3) is 5.91 Å². The monoisotopic (exact) mass is 632 g/mol. The SMILES string of the molecule is O=C(O)CCCCN1CCN(C(=O)[C@H](CP(=O)(O)O)NC(=O)c2cc(N3CCCCC3CO)nc(-c3ccccc3)n2)CC1. The van der Waals surface area contributed by atoms with Gasteiger partial charge in [-0.05, 0) is 38.6 Å². The Morgan fingerprint density at radius 3 is 2.39 bits per heavy atom. The summed E-state index contributed by atoms with van der Waals surface area (Å²) in [6.45, 7) is 2.88. The number of aliphatic carboxylic acids is 1. The smallest absolute Gasteiger partial charge is 0.328 e. The number of aliphatic hydroxyl groups excluding tert-OH is 1. The van der Waals surface area contributed by atoms with Crippen LogP contribution in [0.15, 0.2) is 36.4 Å². The van der Waals surface area contributed by atoms with E-state index in [9.17, 15) is 33.8 Å². The fourth-order valence-corrected chi connectivity index (χ4v) is 6.31. The summed E-state index contributed by atoms with van der Waals surface area (Å²) in [6, 6.07) is 8.88. The molecule has 4 rings (SSSR count). The first kappa shape index (κ1) is 33.5. The molecule has 2 fully saturated rings. The molecule has 1 aromatic carbocycles. The zero-order valence-electron chi connectivity index (χ0n) is 24.6. The molecule has 0 saturated carbocycles. The van der Waals surface area contributed by atoms with E-state index in [1.54, 1.807) is 12.1 Å². The Kier molecular flexibility index (Phi) is 11.8. The summed E-state index contributed by atoms with van der Waals surface area (Å²) in [5.41, 5.74) is 0.593. The van der Waals surface area contributed by atoms with Gasteiger partial charge in [0.05, 0.1) is 18.8 Å². The van der Waals surface area contributed by atoms with Crippen molar-refractivity contribution in [3.63, 3.8) is 0 Å². The summed E-state index contributed by atoms with van der Waals surface area (Å²) < 4.78 is 12.0. The summed E-state index contributed by atoms with van der Waals surface area (Å²) in [7, 11) is -4.70. The average molecular weight is 633 g/mol. The number of nitrogens with one attached hydrogen (secondary N) is 1. The summed E-state index contributed by atoms with van der Waals surface area (Å²) >= 11 is 0. The number of amides is 2. The van der Waals surface area contributed by atoms with Crippen LogP contribution in [0, 0.1) is 0 Å². The number of anilines is 1. The van der Waals surface area contributed by atoms with Gasteiger partial charge in [0, 0.05) is 50.8 Å².